The molecule has 0 aromatic heterocycles. The summed E-state index contributed by atoms with van der Waals surface area (Å²) in [5.41, 5.74) is 0.344. The highest BCUT2D eigenvalue weighted by Crippen LogP contribution is 2.48. The van der Waals surface area contributed by atoms with E-state index in [9.17, 15) is 13.6 Å². The van der Waals surface area contributed by atoms with Crippen LogP contribution in [0.5, 0.6) is 0 Å². The Morgan fingerprint density at radius 1 is 1.44 bits per heavy atom. The molecule has 0 aliphatic heterocycles. The molecular formula is C12H12F2O2. The van der Waals surface area contributed by atoms with Gasteiger partial charge in [0.05, 0.1) is 5.41 Å². The van der Waals surface area contributed by atoms with Gasteiger partial charge in [-0.15, -0.1) is 0 Å². The summed E-state index contributed by atoms with van der Waals surface area (Å²) in [7, 11) is 0. The SMILES string of the molecule is O=C(O)C1(c2cccc(CC(F)F)c2)CC1. The van der Waals surface area contributed by atoms with E-state index in [0.717, 1.165) is 0 Å². The standard InChI is InChI=1S/C12H12F2O2/c13-10(14)7-8-2-1-3-9(6-8)12(4-5-12)11(15)16/h1-3,6,10H,4-5,7H2,(H,15,16). The summed E-state index contributed by atoms with van der Waals surface area (Å²) in [5.74, 6) is -0.860. The zero-order valence-electron chi connectivity index (χ0n) is 8.62. The van der Waals surface area contributed by atoms with Crippen LogP contribution in [-0.4, -0.2) is 17.5 Å². The van der Waals surface area contributed by atoms with Gasteiger partial charge in [0.1, 0.15) is 0 Å². The van der Waals surface area contributed by atoms with E-state index < -0.39 is 17.8 Å². The van der Waals surface area contributed by atoms with Crippen molar-refractivity contribution in [2.45, 2.75) is 31.1 Å². The average molecular weight is 226 g/mol. The average Bonchev–Trinajstić information content (AvgIpc) is 2.97. The first-order valence-corrected chi connectivity index (χ1v) is 5.15. The number of hydrogen-bond acceptors (Lipinski definition) is 1. The predicted octanol–water partition coefficient (Wildman–Crippen LogP) is 2.61. The molecule has 0 bridgehead atoms. The van der Waals surface area contributed by atoms with Crippen molar-refractivity contribution in [1.82, 2.24) is 0 Å². The second kappa shape index (κ2) is 3.85. The smallest absolute Gasteiger partial charge is 0.314 e. The molecule has 1 saturated carbocycles. The lowest BCUT2D eigenvalue weighted by Gasteiger charge is -2.11. The fraction of sp³-hybridized carbons (Fsp3) is 0.417. The van der Waals surface area contributed by atoms with E-state index in [2.05, 4.69) is 0 Å². The summed E-state index contributed by atoms with van der Waals surface area (Å²) in [5, 5.41) is 9.08. The van der Waals surface area contributed by atoms with Crippen molar-refractivity contribution < 1.29 is 18.7 Å². The maximum Gasteiger partial charge on any atom is 0.314 e. The molecule has 0 unspecified atom stereocenters. The molecule has 4 heteroatoms. The Bertz CT molecular complexity index is 411. The van der Waals surface area contributed by atoms with Crippen LogP contribution in [0.25, 0.3) is 0 Å². The van der Waals surface area contributed by atoms with Crippen LogP contribution in [0.3, 0.4) is 0 Å². The van der Waals surface area contributed by atoms with Crippen molar-refractivity contribution in [2.24, 2.45) is 0 Å². The fourth-order valence-electron chi connectivity index (χ4n) is 1.93. The number of halogens is 2. The first kappa shape index (κ1) is 11.0. The highest BCUT2D eigenvalue weighted by Gasteiger charge is 2.51. The minimum absolute atomic E-state index is 0.316. The second-order valence-electron chi connectivity index (χ2n) is 4.18. The van der Waals surface area contributed by atoms with Crippen molar-refractivity contribution in [3.05, 3.63) is 35.4 Å². The van der Waals surface area contributed by atoms with E-state index >= 15 is 0 Å². The number of aliphatic carboxylic acids is 1. The molecule has 1 fully saturated rings. The maximum absolute atomic E-state index is 12.2. The third-order valence-corrected chi connectivity index (χ3v) is 3.03. The molecule has 2 rings (SSSR count). The minimum atomic E-state index is -2.39. The number of carboxylic acid groups (broad SMARTS) is 1. The van der Waals surface area contributed by atoms with Gasteiger partial charge in [0.2, 0.25) is 6.43 Å². The number of hydrogen-bond donors (Lipinski definition) is 1. The van der Waals surface area contributed by atoms with E-state index in [1.807, 2.05) is 0 Å². The maximum atomic E-state index is 12.2. The van der Waals surface area contributed by atoms with Crippen LogP contribution in [-0.2, 0) is 16.6 Å². The Kier molecular flexibility index (Phi) is 2.66. The van der Waals surface area contributed by atoms with Crippen molar-refractivity contribution in [2.75, 3.05) is 0 Å². The summed E-state index contributed by atoms with van der Waals surface area (Å²) < 4.78 is 24.4. The third-order valence-electron chi connectivity index (χ3n) is 3.03. The number of alkyl halides is 2. The molecule has 1 aliphatic rings. The van der Waals surface area contributed by atoms with Crippen LogP contribution in [0, 0.1) is 0 Å². The van der Waals surface area contributed by atoms with Gasteiger partial charge in [0, 0.05) is 6.42 Å². The van der Waals surface area contributed by atoms with Crippen molar-refractivity contribution >= 4 is 5.97 Å². The summed E-state index contributed by atoms with van der Waals surface area (Å²) in [6.45, 7) is 0. The van der Waals surface area contributed by atoms with Crippen LogP contribution in [0.4, 0.5) is 8.78 Å². The molecule has 86 valence electrons. The lowest BCUT2D eigenvalue weighted by molar-refractivity contribution is -0.140. The molecule has 0 heterocycles. The van der Waals surface area contributed by atoms with Crippen LogP contribution >= 0.6 is 0 Å². The topological polar surface area (TPSA) is 37.3 Å². The van der Waals surface area contributed by atoms with Crippen molar-refractivity contribution in [1.29, 1.82) is 0 Å². The van der Waals surface area contributed by atoms with Gasteiger partial charge in [-0.3, -0.25) is 4.79 Å². The first-order chi connectivity index (χ1) is 7.54. The number of benzene rings is 1. The molecule has 0 saturated heterocycles. The van der Waals surface area contributed by atoms with Crippen LogP contribution in [0.15, 0.2) is 24.3 Å². The first-order valence-electron chi connectivity index (χ1n) is 5.15. The van der Waals surface area contributed by atoms with E-state index in [4.69, 9.17) is 5.11 Å². The van der Waals surface area contributed by atoms with Crippen LogP contribution < -0.4 is 0 Å². The Morgan fingerprint density at radius 2 is 2.12 bits per heavy atom. The minimum Gasteiger partial charge on any atom is -0.481 e. The lowest BCUT2D eigenvalue weighted by Crippen LogP contribution is -2.19. The highest BCUT2D eigenvalue weighted by atomic mass is 19.3. The molecular weight excluding hydrogens is 214 g/mol. The zero-order valence-corrected chi connectivity index (χ0v) is 8.62. The van der Waals surface area contributed by atoms with Gasteiger partial charge in [0.15, 0.2) is 0 Å². The molecule has 1 aromatic carbocycles. The normalized spacial score (nSPS) is 17.4. The largest absolute Gasteiger partial charge is 0.481 e. The molecule has 0 amide bonds. The summed E-state index contributed by atoms with van der Waals surface area (Å²) in [4.78, 5) is 11.1. The molecule has 0 spiro atoms. The van der Waals surface area contributed by atoms with Crippen molar-refractivity contribution in [3.8, 4) is 0 Å². The van der Waals surface area contributed by atoms with Gasteiger partial charge in [-0.05, 0) is 24.0 Å². The Hall–Kier alpha value is -1.45. The van der Waals surface area contributed by atoms with E-state index in [-0.39, 0.29) is 6.42 Å². The molecule has 2 nitrogen and oxygen atoms in total. The number of carboxylic acids is 1. The second-order valence-corrected chi connectivity index (χ2v) is 4.18. The summed E-state index contributed by atoms with van der Waals surface area (Å²) >= 11 is 0. The van der Waals surface area contributed by atoms with E-state index in [1.54, 1.807) is 24.3 Å². The fourth-order valence-corrected chi connectivity index (χ4v) is 1.93. The molecule has 16 heavy (non-hydrogen) atoms. The highest BCUT2D eigenvalue weighted by molar-refractivity contribution is 5.84. The summed E-state index contributed by atoms with van der Waals surface area (Å²) in [6.07, 6.45) is -1.51. The van der Waals surface area contributed by atoms with Crippen molar-refractivity contribution in [3.63, 3.8) is 0 Å². The Morgan fingerprint density at radius 3 is 2.62 bits per heavy atom. The summed E-state index contributed by atoms with van der Waals surface area (Å²) in [6, 6.07) is 6.55. The van der Waals surface area contributed by atoms with Gasteiger partial charge in [-0.25, -0.2) is 8.78 Å². The predicted molar refractivity (Wildman–Crippen MR) is 54.7 cm³/mol. The van der Waals surface area contributed by atoms with Gasteiger partial charge in [-0.1, -0.05) is 24.3 Å². The Labute approximate surface area is 91.9 Å². The van der Waals surface area contributed by atoms with Crippen LogP contribution in [0.1, 0.15) is 24.0 Å². The monoisotopic (exact) mass is 226 g/mol. The molecule has 1 aliphatic carbocycles. The molecule has 1 N–H and O–H groups in total. The van der Waals surface area contributed by atoms with Gasteiger partial charge >= 0.3 is 5.97 Å². The molecule has 0 atom stereocenters. The molecule has 0 radical (unpaired) electrons. The van der Waals surface area contributed by atoms with Gasteiger partial charge < -0.3 is 5.11 Å². The zero-order chi connectivity index (χ0) is 11.8. The van der Waals surface area contributed by atoms with Crippen LogP contribution in [0.2, 0.25) is 0 Å². The van der Waals surface area contributed by atoms with E-state index in [1.165, 1.54) is 0 Å². The van der Waals surface area contributed by atoms with E-state index in [0.29, 0.717) is 24.0 Å². The number of rotatable bonds is 4. The van der Waals surface area contributed by atoms with Gasteiger partial charge in [0.25, 0.3) is 0 Å². The lowest BCUT2D eigenvalue weighted by atomic mass is 9.94. The quantitative estimate of drug-likeness (QED) is 0.856. The molecule has 1 aromatic rings. The number of carbonyl (C=O) groups is 1. The Balaban J connectivity index is 2.26. The third kappa shape index (κ3) is 1.92. The van der Waals surface area contributed by atoms with Gasteiger partial charge in [-0.2, -0.15) is 0 Å².